The van der Waals surface area contributed by atoms with Crippen molar-refractivity contribution in [3.8, 4) is 0 Å². The summed E-state index contributed by atoms with van der Waals surface area (Å²) in [6.07, 6.45) is 2.36. The number of hydrogen-bond acceptors (Lipinski definition) is 3. The first-order valence-electron chi connectivity index (χ1n) is 8.72. The Kier molecular flexibility index (Phi) is 5.91. The molecule has 1 fully saturated rings. The second kappa shape index (κ2) is 8.34. The van der Waals surface area contributed by atoms with Crippen molar-refractivity contribution in [3.63, 3.8) is 0 Å². The molecule has 0 spiro atoms. The number of carbonyl (C=O) groups is 2. The van der Waals surface area contributed by atoms with Gasteiger partial charge in [-0.1, -0.05) is 23.7 Å². The van der Waals surface area contributed by atoms with Gasteiger partial charge in [0.25, 0.3) is 5.91 Å². The molecular formula is C20H22ClN3O2. The number of carbonyl (C=O) groups excluding carboxylic acids is 2. The molecule has 2 amide bonds. The fraction of sp³-hybridized carbons (Fsp3) is 0.300. The van der Waals surface area contributed by atoms with Crippen LogP contribution in [0.1, 0.15) is 41.6 Å². The molecule has 0 aromatic heterocycles. The monoisotopic (exact) mass is 371 g/mol. The third kappa shape index (κ3) is 4.62. The van der Waals surface area contributed by atoms with Crippen LogP contribution >= 0.6 is 11.6 Å². The van der Waals surface area contributed by atoms with Crippen LogP contribution in [0.25, 0.3) is 0 Å². The number of amides is 2. The van der Waals surface area contributed by atoms with Gasteiger partial charge < -0.3 is 16.0 Å². The van der Waals surface area contributed by atoms with Crippen molar-refractivity contribution in [3.05, 3.63) is 58.6 Å². The largest absolute Gasteiger partial charge is 0.325 e. The Balaban J connectivity index is 1.66. The fourth-order valence-electron chi connectivity index (χ4n) is 3.13. The Hall–Kier alpha value is -2.37. The highest BCUT2D eigenvalue weighted by Gasteiger charge is 2.15. The van der Waals surface area contributed by atoms with Gasteiger partial charge >= 0.3 is 0 Å². The van der Waals surface area contributed by atoms with Gasteiger partial charge in [-0.05, 0) is 61.2 Å². The lowest BCUT2D eigenvalue weighted by Crippen LogP contribution is -2.28. The van der Waals surface area contributed by atoms with Crippen LogP contribution in [0.4, 0.5) is 11.4 Å². The smallest absolute Gasteiger partial charge is 0.255 e. The second-order valence-electron chi connectivity index (χ2n) is 6.50. The van der Waals surface area contributed by atoms with Crippen molar-refractivity contribution in [2.24, 2.45) is 0 Å². The normalized spacial score (nSPS) is 16.8. The number of hydrogen-bond donors (Lipinski definition) is 3. The molecule has 6 heteroatoms. The van der Waals surface area contributed by atoms with Crippen LogP contribution in [0.3, 0.4) is 0 Å². The SMILES string of the molecule is CC(=O)Nc1ccc(NC(=O)c2ccc(C3CCCNC3)cc2)cc1Cl. The van der Waals surface area contributed by atoms with Crippen molar-refractivity contribution in [2.75, 3.05) is 23.7 Å². The van der Waals surface area contributed by atoms with E-state index in [1.54, 1.807) is 18.2 Å². The average Bonchev–Trinajstić information content (AvgIpc) is 2.64. The fourth-order valence-corrected chi connectivity index (χ4v) is 3.36. The van der Waals surface area contributed by atoms with Crippen LogP contribution in [0.15, 0.2) is 42.5 Å². The maximum absolute atomic E-state index is 12.4. The number of piperidine rings is 1. The van der Waals surface area contributed by atoms with E-state index >= 15 is 0 Å². The molecule has 1 aliphatic rings. The number of halogens is 1. The predicted octanol–water partition coefficient (Wildman–Crippen LogP) is 4.02. The summed E-state index contributed by atoms with van der Waals surface area (Å²) in [5.41, 5.74) is 2.95. The molecule has 1 saturated heterocycles. The van der Waals surface area contributed by atoms with E-state index in [1.807, 2.05) is 24.3 Å². The lowest BCUT2D eigenvalue weighted by molar-refractivity contribution is -0.114. The summed E-state index contributed by atoms with van der Waals surface area (Å²) in [6, 6.07) is 12.8. The Morgan fingerprint density at radius 2 is 1.88 bits per heavy atom. The summed E-state index contributed by atoms with van der Waals surface area (Å²) in [6.45, 7) is 3.49. The first kappa shape index (κ1) is 18.4. The van der Waals surface area contributed by atoms with Gasteiger partial charge in [-0.25, -0.2) is 0 Å². The van der Waals surface area contributed by atoms with Crippen LogP contribution in [-0.4, -0.2) is 24.9 Å². The van der Waals surface area contributed by atoms with Crippen LogP contribution in [0.5, 0.6) is 0 Å². The van der Waals surface area contributed by atoms with Crippen molar-refractivity contribution in [2.45, 2.75) is 25.7 Å². The van der Waals surface area contributed by atoms with Crippen LogP contribution in [0.2, 0.25) is 5.02 Å². The maximum Gasteiger partial charge on any atom is 0.255 e. The second-order valence-corrected chi connectivity index (χ2v) is 6.90. The number of nitrogens with one attached hydrogen (secondary N) is 3. The molecular weight excluding hydrogens is 350 g/mol. The van der Waals surface area contributed by atoms with Crippen LogP contribution in [0, 0.1) is 0 Å². The molecule has 5 nitrogen and oxygen atoms in total. The summed E-state index contributed by atoms with van der Waals surface area (Å²) in [5.74, 6) is 0.125. The van der Waals surface area contributed by atoms with E-state index in [9.17, 15) is 9.59 Å². The lowest BCUT2D eigenvalue weighted by atomic mass is 9.91. The van der Waals surface area contributed by atoms with Gasteiger partial charge in [-0.3, -0.25) is 9.59 Å². The molecule has 0 saturated carbocycles. The molecule has 1 unspecified atom stereocenters. The highest BCUT2D eigenvalue weighted by Crippen LogP contribution is 2.26. The standard InChI is InChI=1S/C20H22ClN3O2/c1-13(25)23-19-9-8-17(11-18(19)21)24-20(26)15-6-4-14(5-7-15)16-3-2-10-22-12-16/h4-9,11,16,22H,2-3,10,12H2,1H3,(H,23,25)(H,24,26). The summed E-state index contributed by atoms with van der Waals surface area (Å²) >= 11 is 6.14. The molecule has 0 bridgehead atoms. The van der Waals surface area contributed by atoms with E-state index < -0.39 is 0 Å². The predicted molar refractivity (Wildman–Crippen MR) is 105 cm³/mol. The topological polar surface area (TPSA) is 70.2 Å². The van der Waals surface area contributed by atoms with Gasteiger partial charge in [-0.2, -0.15) is 0 Å². The van der Waals surface area contributed by atoms with E-state index in [0.29, 0.717) is 27.9 Å². The van der Waals surface area contributed by atoms with Crippen molar-refractivity contribution < 1.29 is 9.59 Å². The molecule has 2 aromatic rings. The molecule has 1 aliphatic heterocycles. The van der Waals surface area contributed by atoms with Gasteiger partial charge in [0.1, 0.15) is 0 Å². The third-order valence-corrected chi connectivity index (χ3v) is 4.79. The number of benzene rings is 2. The van der Waals surface area contributed by atoms with E-state index in [2.05, 4.69) is 16.0 Å². The van der Waals surface area contributed by atoms with Gasteiger partial charge in [0.05, 0.1) is 10.7 Å². The average molecular weight is 372 g/mol. The molecule has 3 N–H and O–H groups in total. The van der Waals surface area contributed by atoms with E-state index in [1.165, 1.54) is 25.3 Å². The maximum atomic E-state index is 12.4. The lowest BCUT2D eigenvalue weighted by Gasteiger charge is -2.23. The van der Waals surface area contributed by atoms with Gasteiger partial charge in [-0.15, -0.1) is 0 Å². The zero-order valence-electron chi connectivity index (χ0n) is 14.6. The Bertz CT molecular complexity index is 799. The first-order chi connectivity index (χ1) is 12.5. The Labute approximate surface area is 158 Å². The summed E-state index contributed by atoms with van der Waals surface area (Å²) < 4.78 is 0. The minimum absolute atomic E-state index is 0.193. The van der Waals surface area contributed by atoms with Crippen molar-refractivity contribution >= 4 is 34.8 Å². The van der Waals surface area contributed by atoms with E-state index in [-0.39, 0.29) is 11.8 Å². The highest BCUT2D eigenvalue weighted by atomic mass is 35.5. The molecule has 1 heterocycles. The molecule has 0 aliphatic carbocycles. The molecule has 0 radical (unpaired) electrons. The third-order valence-electron chi connectivity index (χ3n) is 4.48. The molecule has 1 atom stereocenters. The zero-order valence-corrected chi connectivity index (χ0v) is 15.4. The Morgan fingerprint density at radius 1 is 1.12 bits per heavy atom. The number of rotatable bonds is 4. The summed E-state index contributed by atoms with van der Waals surface area (Å²) in [4.78, 5) is 23.6. The molecule has 2 aromatic carbocycles. The molecule has 136 valence electrons. The molecule has 3 rings (SSSR count). The number of anilines is 2. The minimum Gasteiger partial charge on any atom is -0.325 e. The summed E-state index contributed by atoms with van der Waals surface area (Å²) in [5, 5.41) is 9.24. The van der Waals surface area contributed by atoms with Crippen molar-refractivity contribution in [1.29, 1.82) is 0 Å². The van der Waals surface area contributed by atoms with Gasteiger partial charge in [0.2, 0.25) is 5.91 Å². The minimum atomic E-state index is -0.197. The molecule has 26 heavy (non-hydrogen) atoms. The van der Waals surface area contributed by atoms with Crippen LogP contribution < -0.4 is 16.0 Å². The summed E-state index contributed by atoms with van der Waals surface area (Å²) in [7, 11) is 0. The van der Waals surface area contributed by atoms with Gasteiger partial charge in [0, 0.05) is 24.7 Å². The van der Waals surface area contributed by atoms with Gasteiger partial charge in [0.15, 0.2) is 0 Å². The quantitative estimate of drug-likeness (QED) is 0.760. The van der Waals surface area contributed by atoms with E-state index in [0.717, 1.165) is 13.1 Å². The zero-order chi connectivity index (χ0) is 18.5. The highest BCUT2D eigenvalue weighted by molar-refractivity contribution is 6.34. The van der Waals surface area contributed by atoms with Crippen molar-refractivity contribution in [1.82, 2.24) is 5.32 Å². The first-order valence-corrected chi connectivity index (χ1v) is 9.10. The van der Waals surface area contributed by atoms with E-state index in [4.69, 9.17) is 11.6 Å². The van der Waals surface area contributed by atoms with Crippen LogP contribution in [-0.2, 0) is 4.79 Å². The Morgan fingerprint density at radius 3 is 2.50 bits per heavy atom.